The maximum Gasteiger partial charge on any atom is 0.269 e. The first kappa shape index (κ1) is 21.7. The molecule has 0 spiro atoms. The zero-order valence-corrected chi connectivity index (χ0v) is 18.1. The van der Waals surface area contributed by atoms with Crippen molar-refractivity contribution in [2.75, 3.05) is 11.9 Å². The number of halogens is 2. The molecule has 0 radical (unpaired) electrons. The smallest absolute Gasteiger partial charge is 0.269 e. The summed E-state index contributed by atoms with van der Waals surface area (Å²) in [7, 11) is -3.81. The number of nitrogens with zero attached hydrogens (tertiary/aromatic N) is 2. The Bertz CT molecular complexity index is 1110. The van der Waals surface area contributed by atoms with E-state index in [-0.39, 0.29) is 26.6 Å². The molecule has 0 aliphatic heterocycles. The third kappa shape index (κ3) is 5.97. The lowest BCUT2D eigenvalue weighted by Gasteiger charge is -2.04. The Morgan fingerprint density at radius 1 is 1.07 bits per heavy atom. The van der Waals surface area contributed by atoms with Crippen molar-refractivity contribution in [2.24, 2.45) is 0 Å². The van der Waals surface area contributed by atoms with Crippen LogP contribution < -0.4 is 10.0 Å². The van der Waals surface area contributed by atoms with Gasteiger partial charge in [0, 0.05) is 11.6 Å². The zero-order valence-electron chi connectivity index (χ0n) is 14.9. The highest BCUT2D eigenvalue weighted by Gasteiger charge is 2.21. The van der Waals surface area contributed by atoms with Crippen LogP contribution in [0.5, 0.6) is 0 Å². The highest BCUT2D eigenvalue weighted by molar-refractivity contribution is 7.91. The lowest BCUT2D eigenvalue weighted by atomic mass is 10.1. The molecule has 7 nitrogen and oxygen atoms in total. The quantitative estimate of drug-likeness (QED) is 0.382. The van der Waals surface area contributed by atoms with E-state index in [4.69, 9.17) is 23.2 Å². The predicted molar refractivity (Wildman–Crippen MR) is 114 cm³/mol. The summed E-state index contributed by atoms with van der Waals surface area (Å²) in [5.41, 5.74) is 1.32. The van der Waals surface area contributed by atoms with Gasteiger partial charge in [-0.25, -0.2) is 13.1 Å². The Morgan fingerprint density at radius 2 is 1.83 bits per heavy atom. The van der Waals surface area contributed by atoms with Crippen molar-refractivity contribution < 1.29 is 13.2 Å². The number of carbonyl (C=O) groups excluding carboxylic acids is 1. The molecule has 29 heavy (non-hydrogen) atoms. The highest BCUT2D eigenvalue weighted by atomic mass is 35.5. The van der Waals surface area contributed by atoms with Crippen LogP contribution in [-0.2, 0) is 16.4 Å². The van der Waals surface area contributed by atoms with Gasteiger partial charge in [-0.15, -0.1) is 10.2 Å². The van der Waals surface area contributed by atoms with E-state index < -0.39 is 15.9 Å². The minimum absolute atomic E-state index is 0.0469. The van der Waals surface area contributed by atoms with Crippen molar-refractivity contribution in [3.05, 3.63) is 69.7 Å². The van der Waals surface area contributed by atoms with Crippen LogP contribution in [0.25, 0.3) is 0 Å². The normalized spacial score (nSPS) is 11.4. The molecule has 1 heterocycles. The van der Waals surface area contributed by atoms with Crippen molar-refractivity contribution in [2.45, 2.75) is 17.2 Å². The van der Waals surface area contributed by atoms with Gasteiger partial charge in [0.1, 0.15) is 0 Å². The molecule has 0 unspecified atom stereocenters. The van der Waals surface area contributed by atoms with Crippen molar-refractivity contribution in [1.82, 2.24) is 14.9 Å². The standard InChI is InChI=1S/C18H16Cl2N4O3S2/c19-13-8-9-14(15(20)11-13)16(25)22-17-23-24-18(28-17)29(26,27)21-10-4-7-12-5-2-1-3-6-12/h1-3,5-6,8-9,11,21H,4,7,10H2,(H,22,23,25). The molecule has 0 atom stereocenters. The SMILES string of the molecule is O=C(Nc1nnc(S(=O)(=O)NCCCc2ccccc2)s1)c1ccc(Cl)cc1Cl. The van der Waals surface area contributed by atoms with Gasteiger partial charge in [-0.1, -0.05) is 64.9 Å². The maximum absolute atomic E-state index is 12.4. The van der Waals surface area contributed by atoms with Crippen LogP contribution in [0.2, 0.25) is 10.0 Å². The number of aromatic nitrogens is 2. The fourth-order valence-corrected chi connectivity index (χ4v) is 4.92. The van der Waals surface area contributed by atoms with Gasteiger partial charge < -0.3 is 0 Å². The summed E-state index contributed by atoms with van der Waals surface area (Å²) in [5.74, 6) is -0.539. The van der Waals surface area contributed by atoms with Crippen molar-refractivity contribution in [1.29, 1.82) is 0 Å². The average Bonchev–Trinajstić information content (AvgIpc) is 3.15. The van der Waals surface area contributed by atoms with E-state index in [2.05, 4.69) is 20.2 Å². The van der Waals surface area contributed by atoms with Gasteiger partial charge in [-0.3, -0.25) is 10.1 Å². The van der Waals surface area contributed by atoms with E-state index in [1.807, 2.05) is 30.3 Å². The Hall–Kier alpha value is -2.04. The Kier molecular flexibility index (Phi) is 7.20. The van der Waals surface area contributed by atoms with Crippen LogP contribution in [0, 0.1) is 0 Å². The molecule has 2 aromatic carbocycles. The number of nitrogens with one attached hydrogen (secondary N) is 2. The van der Waals surface area contributed by atoms with Crippen molar-refractivity contribution in [3.8, 4) is 0 Å². The molecule has 11 heteroatoms. The summed E-state index contributed by atoms with van der Waals surface area (Å²) in [6.45, 7) is 0.263. The van der Waals surface area contributed by atoms with E-state index in [1.165, 1.54) is 18.2 Å². The van der Waals surface area contributed by atoms with Gasteiger partial charge in [-0.05, 0) is 36.6 Å². The first-order valence-electron chi connectivity index (χ1n) is 8.48. The Morgan fingerprint density at radius 3 is 2.55 bits per heavy atom. The van der Waals surface area contributed by atoms with E-state index in [0.29, 0.717) is 11.4 Å². The first-order valence-corrected chi connectivity index (χ1v) is 11.5. The molecule has 0 fully saturated rings. The van der Waals surface area contributed by atoms with Gasteiger partial charge in [0.25, 0.3) is 15.9 Å². The molecular formula is C18H16Cl2N4O3S2. The summed E-state index contributed by atoms with van der Waals surface area (Å²) in [6.07, 6.45) is 1.39. The number of benzene rings is 2. The number of amides is 1. The monoisotopic (exact) mass is 470 g/mol. The molecule has 0 aliphatic rings. The van der Waals surface area contributed by atoms with Gasteiger partial charge in [0.2, 0.25) is 9.47 Å². The molecule has 1 aromatic heterocycles. The van der Waals surface area contributed by atoms with Crippen LogP contribution in [0.4, 0.5) is 5.13 Å². The Labute approximate surface area is 182 Å². The second kappa shape index (κ2) is 9.64. The third-order valence-corrected chi connectivity index (χ3v) is 7.02. The number of aryl methyl sites for hydroxylation is 1. The van der Waals surface area contributed by atoms with Gasteiger partial charge >= 0.3 is 0 Å². The number of rotatable bonds is 8. The van der Waals surface area contributed by atoms with Crippen LogP contribution >= 0.6 is 34.5 Å². The van der Waals surface area contributed by atoms with Crippen LogP contribution in [-0.4, -0.2) is 31.1 Å². The van der Waals surface area contributed by atoms with Crippen LogP contribution in [0.3, 0.4) is 0 Å². The summed E-state index contributed by atoms with van der Waals surface area (Å²) in [6, 6.07) is 14.2. The minimum Gasteiger partial charge on any atom is -0.296 e. The molecule has 0 saturated carbocycles. The molecular weight excluding hydrogens is 455 g/mol. The van der Waals surface area contributed by atoms with E-state index >= 15 is 0 Å². The van der Waals surface area contributed by atoms with Crippen LogP contribution in [0.1, 0.15) is 22.3 Å². The zero-order chi connectivity index (χ0) is 20.9. The minimum atomic E-state index is -3.81. The fraction of sp³-hybridized carbons (Fsp3) is 0.167. The summed E-state index contributed by atoms with van der Waals surface area (Å²) in [4.78, 5) is 12.3. The molecule has 2 N–H and O–H groups in total. The van der Waals surface area contributed by atoms with Gasteiger partial charge in [0.05, 0.1) is 10.6 Å². The summed E-state index contributed by atoms with van der Waals surface area (Å²) in [5, 5.41) is 10.5. The third-order valence-electron chi connectivity index (χ3n) is 3.81. The summed E-state index contributed by atoms with van der Waals surface area (Å²) < 4.78 is 27.0. The number of carbonyl (C=O) groups is 1. The number of anilines is 1. The molecule has 0 aliphatic carbocycles. The predicted octanol–water partition coefficient (Wildman–Crippen LogP) is 4.01. The van der Waals surface area contributed by atoms with Gasteiger partial charge in [0.15, 0.2) is 0 Å². The van der Waals surface area contributed by atoms with E-state index in [0.717, 1.165) is 23.3 Å². The van der Waals surface area contributed by atoms with Crippen molar-refractivity contribution >= 4 is 55.6 Å². The number of hydrogen-bond donors (Lipinski definition) is 2. The fourth-order valence-electron chi connectivity index (χ4n) is 2.41. The topological polar surface area (TPSA) is 101 Å². The molecule has 0 bridgehead atoms. The maximum atomic E-state index is 12.4. The van der Waals surface area contributed by atoms with E-state index in [1.54, 1.807) is 0 Å². The lowest BCUT2D eigenvalue weighted by molar-refractivity contribution is 0.102. The summed E-state index contributed by atoms with van der Waals surface area (Å²) >= 11 is 12.6. The molecule has 3 rings (SSSR count). The van der Waals surface area contributed by atoms with E-state index in [9.17, 15) is 13.2 Å². The Balaban J connectivity index is 1.57. The molecule has 1 amide bonds. The molecule has 0 saturated heterocycles. The first-order chi connectivity index (χ1) is 13.8. The average molecular weight is 471 g/mol. The van der Waals surface area contributed by atoms with Gasteiger partial charge in [-0.2, -0.15) is 0 Å². The molecule has 152 valence electrons. The second-order valence-electron chi connectivity index (χ2n) is 5.94. The van der Waals surface area contributed by atoms with Crippen molar-refractivity contribution in [3.63, 3.8) is 0 Å². The molecule has 3 aromatic rings. The highest BCUT2D eigenvalue weighted by Crippen LogP contribution is 2.24. The van der Waals surface area contributed by atoms with Crippen LogP contribution in [0.15, 0.2) is 52.9 Å². The number of hydrogen-bond acceptors (Lipinski definition) is 6. The second-order valence-corrected chi connectivity index (χ2v) is 9.70. The largest absolute Gasteiger partial charge is 0.296 e. The lowest BCUT2D eigenvalue weighted by Crippen LogP contribution is -2.25. The number of sulfonamides is 1.